The highest BCUT2D eigenvalue weighted by Gasteiger charge is 2.04. The molecule has 0 spiro atoms. The number of hydrogen-bond acceptors (Lipinski definition) is 1. The Morgan fingerprint density at radius 3 is 1.74 bits per heavy atom. The van der Waals surface area contributed by atoms with Crippen molar-refractivity contribution < 1.29 is 9.67 Å². The highest BCUT2D eigenvalue weighted by Crippen LogP contribution is 2.21. The SMILES string of the molecule is [O-]c1ccc(-c2ccc(-[n+]3ccccc3)cc2)cc1. The average Bonchev–Trinajstić information content (AvgIpc) is 2.49. The monoisotopic (exact) mass is 247 g/mol. The van der Waals surface area contributed by atoms with E-state index in [4.69, 9.17) is 0 Å². The Balaban J connectivity index is 1.93. The van der Waals surface area contributed by atoms with E-state index in [1.54, 1.807) is 12.1 Å². The summed E-state index contributed by atoms with van der Waals surface area (Å²) in [5.41, 5.74) is 3.29. The maximum atomic E-state index is 11.1. The molecule has 3 aromatic rings. The first-order valence-corrected chi connectivity index (χ1v) is 6.17. The molecule has 0 bridgehead atoms. The lowest BCUT2D eigenvalue weighted by atomic mass is 10.1. The van der Waals surface area contributed by atoms with E-state index < -0.39 is 0 Å². The van der Waals surface area contributed by atoms with Gasteiger partial charge in [0.25, 0.3) is 0 Å². The third-order valence-corrected chi connectivity index (χ3v) is 3.07. The number of pyridine rings is 1. The molecule has 0 saturated carbocycles. The van der Waals surface area contributed by atoms with Crippen molar-refractivity contribution in [3.63, 3.8) is 0 Å². The van der Waals surface area contributed by atoms with Crippen LogP contribution >= 0.6 is 0 Å². The minimum atomic E-state index is 0.0419. The molecule has 0 atom stereocenters. The van der Waals surface area contributed by atoms with Crippen molar-refractivity contribution in [1.82, 2.24) is 0 Å². The summed E-state index contributed by atoms with van der Waals surface area (Å²) in [7, 11) is 0. The summed E-state index contributed by atoms with van der Waals surface area (Å²) in [5.74, 6) is 0.0419. The molecule has 0 saturated heterocycles. The Morgan fingerprint density at radius 2 is 1.16 bits per heavy atom. The molecular formula is C17H13NO. The van der Waals surface area contributed by atoms with Crippen molar-refractivity contribution in [2.24, 2.45) is 0 Å². The summed E-state index contributed by atoms with van der Waals surface area (Å²) in [6, 6.07) is 21.2. The first kappa shape index (κ1) is 11.5. The topological polar surface area (TPSA) is 26.9 Å². The van der Waals surface area contributed by atoms with E-state index in [2.05, 4.69) is 28.8 Å². The molecule has 1 aromatic heterocycles. The van der Waals surface area contributed by atoms with E-state index in [1.165, 1.54) is 0 Å². The molecule has 3 rings (SSSR count). The Labute approximate surface area is 112 Å². The van der Waals surface area contributed by atoms with Gasteiger partial charge in [0.1, 0.15) is 0 Å². The summed E-state index contributed by atoms with van der Waals surface area (Å²) < 4.78 is 2.06. The van der Waals surface area contributed by atoms with Crippen molar-refractivity contribution in [3.8, 4) is 22.6 Å². The highest BCUT2D eigenvalue weighted by molar-refractivity contribution is 5.64. The second-order valence-electron chi connectivity index (χ2n) is 4.35. The molecule has 0 aliphatic rings. The van der Waals surface area contributed by atoms with Gasteiger partial charge in [-0.15, -0.1) is 5.75 Å². The van der Waals surface area contributed by atoms with Gasteiger partial charge >= 0.3 is 0 Å². The zero-order valence-electron chi connectivity index (χ0n) is 10.4. The van der Waals surface area contributed by atoms with E-state index in [1.807, 2.05) is 42.7 Å². The standard InChI is InChI=1S/C17H13NO/c19-17-10-6-15(7-11-17)14-4-8-16(9-5-14)18-12-2-1-3-13-18/h1-13H. The number of rotatable bonds is 2. The lowest BCUT2D eigenvalue weighted by Crippen LogP contribution is -2.28. The largest absolute Gasteiger partial charge is 0.872 e. The van der Waals surface area contributed by atoms with Crippen molar-refractivity contribution >= 4 is 0 Å². The summed E-state index contributed by atoms with van der Waals surface area (Å²) in [5, 5.41) is 11.1. The fraction of sp³-hybridized carbons (Fsp3) is 0. The quantitative estimate of drug-likeness (QED) is 0.640. The summed E-state index contributed by atoms with van der Waals surface area (Å²) >= 11 is 0. The van der Waals surface area contributed by atoms with E-state index >= 15 is 0 Å². The van der Waals surface area contributed by atoms with Gasteiger partial charge < -0.3 is 5.11 Å². The Bertz CT molecular complexity index is 658. The van der Waals surface area contributed by atoms with Crippen molar-refractivity contribution in [2.45, 2.75) is 0 Å². The van der Waals surface area contributed by atoms with Crippen LogP contribution in [0.15, 0.2) is 79.1 Å². The van der Waals surface area contributed by atoms with Gasteiger partial charge in [-0.3, -0.25) is 0 Å². The molecule has 0 aliphatic carbocycles. The van der Waals surface area contributed by atoms with Crippen molar-refractivity contribution in [3.05, 3.63) is 79.1 Å². The minimum Gasteiger partial charge on any atom is -0.872 e. The molecule has 0 fully saturated rings. The molecule has 2 heteroatoms. The summed E-state index contributed by atoms with van der Waals surface area (Å²) in [4.78, 5) is 0. The minimum absolute atomic E-state index is 0.0419. The first-order valence-electron chi connectivity index (χ1n) is 6.17. The smallest absolute Gasteiger partial charge is 0.210 e. The van der Waals surface area contributed by atoms with Crippen molar-refractivity contribution in [2.75, 3.05) is 0 Å². The normalized spacial score (nSPS) is 10.3. The zero-order chi connectivity index (χ0) is 13.1. The van der Waals surface area contributed by atoms with Gasteiger partial charge in [0, 0.05) is 24.3 Å². The van der Waals surface area contributed by atoms with Crippen LogP contribution in [0.3, 0.4) is 0 Å². The number of hydrogen-bond donors (Lipinski definition) is 0. The van der Waals surface area contributed by atoms with E-state index in [0.29, 0.717) is 0 Å². The molecule has 0 amide bonds. The van der Waals surface area contributed by atoms with Crippen LogP contribution in [0.25, 0.3) is 16.8 Å². The van der Waals surface area contributed by atoms with Crippen LogP contribution in [0.5, 0.6) is 5.75 Å². The van der Waals surface area contributed by atoms with Gasteiger partial charge in [0.2, 0.25) is 5.69 Å². The molecule has 0 radical (unpaired) electrons. The number of benzene rings is 2. The average molecular weight is 247 g/mol. The molecule has 2 nitrogen and oxygen atoms in total. The summed E-state index contributed by atoms with van der Waals surface area (Å²) in [6.45, 7) is 0. The molecule has 19 heavy (non-hydrogen) atoms. The highest BCUT2D eigenvalue weighted by atomic mass is 16.3. The van der Waals surface area contributed by atoms with Crippen molar-refractivity contribution in [1.29, 1.82) is 0 Å². The molecule has 0 N–H and O–H groups in total. The second-order valence-corrected chi connectivity index (χ2v) is 4.35. The predicted octanol–water partition coefficient (Wildman–Crippen LogP) is 2.70. The Kier molecular flexibility index (Phi) is 2.99. The molecule has 0 aliphatic heterocycles. The van der Waals surface area contributed by atoms with Gasteiger partial charge in [-0.25, -0.2) is 0 Å². The van der Waals surface area contributed by atoms with Gasteiger partial charge in [-0.2, -0.15) is 4.57 Å². The summed E-state index contributed by atoms with van der Waals surface area (Å²) in [6.07, 6.45) is 4.03. The van der Waals surface area contributed by atoms with E-state index in [-0.39, 0.29) is 5.75 Å². The Morgan fingerprint density at radius 1 is 0.632 bits per heavy atom. The van der Waals surface area contributed by atoms with Crippen LogP contribution in [0.2, 0.25) is 0 Å². The van der Waals surface area contributed by atoms with E-state index in [9.17, 15) is 5.11 Å². The third kappa shape index (κ3) is 2.47. The molecule has 92 valence electrons. The van der Waals surface area contributed by atoms with Crippen LogP contribution in [-0.2, 0) is 0 Å². The second kappa shape index (κ2) is 4.94. The van der Waals surface area contributed by atoms with Gasteiger partial charge in [-0.05, 0) is 23.3 Å². The lowest BCUT2D eigenvalue weighted by molar-refractivity contribution is -0.595. The van der Waals surface area contributed by atoms with Crippen LogP contribution in [0.4, 0.5) is 0 Å². The fourth-order valence-corrected chi connectivity index (χ4v) is 2.04. The molecule has 0 unspecified atom stereocenters. The zero-order valence-corrected chi connectivity index (χ0v) is 10.4. The molecule has 2 aromatic carbocycles. The van der Waals surface area contributed by atoms with Crippen LogP contribution < -0.4 is 9.67 Å². The lowest BCUT2D eigenvalue weighted by Gasteiger charge is -2.06. The van der Waals surface area contributed by atoms with Gasteiger partial charge in [0.05, 0.1) is 0 Å². The first-order chi connectivity index (χ1) is 9.33. The van der Waals surface area contributed by atoms with E-state index in [0.717, 1.165) is 16.8 Å². The third-order valence-electron chi connectivity index (χ3n) is 3.07. The number of aromatic nitrogens is 1. The maximum absolute atomic E-state index is 11.1. The van der Waals surface area contributed by atoms with Crippen LogP contribution in [0.1, 0.15) is 0 Å². The fourth-order valence-electron chi connectivity index (χ4n) is 2.04. The van der Waals surface area contributed by atoms with Crippen LogP contribution in [0, 0.1) is 0 Å². The maximum Gasteiger partial charge on any atom is 0.210 e. The Hall–Kier alpha value is -2.61. The number of nitrogens with zero attached hydrogens (tertiary/aromatic N) is 1. The van der Waals surface area contributed by atoms with Gasteiger partial charge in [-0.1, -0.05) is 30.3 Å². The van der Waals surface area contributed by atoms with Crippen LogP contribution in [-0.4, -0.2) is 0 Å². The molecular weight excluding hydrogens is 234 g/mol. The molecule has 1 heterocycles. The predicted molar refractivity (Wildman–Crippen MR) is 72.9 cm³/mol. The van der Waals surface area contributed by atoms with Gasteiger partial charge in [0.15, 0.2) is 12.4 Å².